The van der Waals surface area contributed by atoms with Crippen LogP contribution in [0.25, 0.3) is 0 Å². The van der Waals surface area contributed by atoms with Gasteiger partial charge < -0.3 is 20.6 Å². The van der Waals surface area contributed by atoms with Crippen molar-refractivity contribution >= 4 is 35.5 Å². The Morgan fingerprint density at radius 2 is 1.84 bits per heavy atom. The van der Waals surface area contributed by atoms with E-state index in [1.807, 2.05) is 32.9 Å². The summed E-state index contributed by atoms with van der Waals surface area (Å²) in [5.41, 5.74) is 1.49. The maximum atomic E-state index is 13.2. The summed E-state index contributed by atoms with van der Waals surface area (Å²) >= 11 is 1.54. The Kier molecular flexibility index (Phi) is 6.36. The number of benzene rings is 1. The number of thioether (sulfide) groups is 1. The number of carboxylic acid groups (broad SMARTS) is 1. The van der Waals surface area contributed by atoms with E-state index in [1.54, 1.807) is 35.7 Å². The van der Waals surface area contributed by atoms with Gasteiger partial charge in [-0.1, -0.05) is 38.5 Å². The van der Waals surface area contributed by atoms with Crippen LogP contribution in [0.1, 0.15) is 62.3 Å². The van der Waals surface area contributed by atoms with Crippen LogP contribution in [0.2, 0.25) is 0 Å². The molecule has 2 aliphatic rings. The van der Waals surface area contributed by atoms with Gasteiger partial charge in [0.25, 0.3) is 5.91 Å². The van der Waals surface area contributed by atoms with Crippen molar-refractivity contribution in [3.63, 3.8) is 0 Å². The number of fused-ring (bicyclic) bond motifs is 3. The van der Waals surface area contributed by atoms with Gasteiger partial charge in [0.15, 0.2) is 0 Å². The van der Waals surface area contributed by atoms with Crippen molar-refractivity contribution in [2.75, 3.05) is 0 Å². The minimum Gasteiger partial charge on any atom is -0.480 e. The molecular weight excluding hydrogens is 418 g/mol. The van der Waals surface area contributed by atoms with Crippen molar-refractivity contribution in [3.05, 3.63) is 35.4 Å². The van der Waals surface area contributed by atoms with Gasteiger partial charge in [0.1, 0.15) is 23.5 Å². The highest BCUT2D eigenvalue weighted by atomic mass is 32.2. The lowest BCUT2D eigenvalue weighted by Crippen LogP contribution is -2.58. The first kappa shape index (κ1) is 23.1. The Balaban J connectivity index is 1.74. The smallest absolute Gasteiger partial charge is 0.326 e. The second kappa shape index (κ2) is 8.53. The third kappa shape index (κ3) is 4.15. The maximum absolute atomic E-state index is 13.2. The molecular formula is C22H29N3O5S. The molecule has 1 aromatic carbocycles. The van der Waals surface area contributed by atoms with Crippen LogP contribution in [0, 0.1) is 5.92 Å². The number of amides is 3. The standard InChI is InChI=1S/C22H29N3O5S/c1-6-11(2)15(21(29)30)24-17(26)12(3)23-18(27)16-22(4,5)31-20-14-10-8-7-9-13(14)19(28)25(16)20/h7-12,15-16,20H,6H2,1-5H3,(H,23,27)(H,24,26)(H,29,30)/t11-,12-,15-,16-,20-/m0/s1. The summed E-state index contributed by atoms with van der Waals surface area (Å²) in [6.45, 7) is 8.92. The molecule has 0 unspecified atom stereocenters. The zero-order valence-electron chi connectivity index (χ0n) is 18.3. The minimum atomic E-state index is -1.11. The van der Waals surface area contributed by atoms with E-state index in [0.717, 1.165) is 5.56 Å². The molecule has 3 rings (SSSR count). The van der Waals surface area contributed by atoms with Gasteiger partial charge in [0.05, 0.1) is 0 Å². The second-order valence-electron chi connectivity index (χ2n) is 8.72. The SMILES string of the molecule is CC[C@H](C)[C@H](NC(=O)[C@H](C)NC(=O)[C@@H]1N2C(=O)c3ccccc3[C@@H]2SC1(C)C)C(=O)O. The summed E-state index contributed by atoms with van der Waals surface area (Å²) in [6, 6.07) is 4.59. The Labute approximate surface area is 186 Å². The van der Waals surface area contributed by atoms with Crippen LogP contribution in [0.3, 0.4) is 0 Å². The molecule has 9 heteroatoms. The summed E-state index contributed by atoms with van der Waals surface area (Å²) in [5, 5.41) is 14.3. The monoisotopic (exact) mass is 447 g/mol. The quantitative estimate of drug-likeness (QED) is 0.590. The fourth-order valence-electron chi connectivity index (χ4n) is 4.12. The summed E-state index contributed by atoms with van der Waals surface area (Å²) in [4.78, 5) is 51.9. The van der Waals surface area contributed by atoms with Crippen LogP contribution in [-0.2, 0) is 14.4 Å². The third-order valence-corrected chi connectivity index (χ3v) is 7.61. The van der Waals surface area contributed by atoms with Gasteiger partial charge in [-0.2, -0.15) is 0 Å². The molecule has 31 heavy (non-hydrogen) atoms. The summed E-state index contributed by atoms with van der Waals surface area (Å²) in [5.74, 6) is -2.57. The molecule has 0 radical (unpaired) electrons. The minimum absolute atomic E-state index is 0.196. The van der Waals surface area contributed by atoms with E-state index in [9.17, 15) is 24.3 Å². The molecule has 168 valence electrons. The van der Waals surface area contributed by atoms with Crippen molar-refractivity contribution in [2.45, 2.75) is 69.3 Å². The Morgan fingerprint density at radius 1 is 1.19 bits per heavy atom. The molecule has 0 bridgehead atoms. The maximum Gasteiger partial charge on any atom is 0.326 e. The Morgan fingerprint density at radius 3 is 2.45 bits per heavy atom. The first-order valence-electron chi connectivity index (χ1n) is 10.4. The number of rotatable bonds is 7. The lowest BCUT2D eigenvalue weighted by atomic mass is 9.98. The van der Waals surface area contributed by atoms with Crippen molar-refractivity contribution < 1.29 is 24.3 Å². The molecule has 0 aliphatic carbocycles. The van der Waals surface area contributed by atoms with E-state index >= 15 is 0 Å². The summed E-state index contributed by atoms with van der Waals surface area (Å²) in [7, 11) is 0. The van der Waals surface area contributed by atoms with Gasteiger partial charge >= 0.3 is 5.97 Å². The molecule has 0 aromatic heterocycles. The average molecular weight is 448 g/mol. The van der Waals surface area contributed by atoms with Crippen LogP contribution in [0.4, 0.5) is 0 Å². The Bertz CT molecular complexity index is 918. The molecule has 2 heterocycles. The topological polar surface area (TPSA) is 116 Å². The zero-order chi connectivity index (χ0) is 23.1. The van der Waals surface area contributed by atoms with Crippen molar-refractivity contribution in [1.29, 1.82) is 0 Å². The molecule has 5 atom stereocenters. The highest BCUT2D eigenvalue weighted by Crippen LogP contribution is 2.56. The normalized spacial score (nSPS) is 24.0. The molecule has 0 saturated carbocycles. The van der Waals surface area contributed by atoms with Gasteiger partial charge in [0.2, 0.25) is 11.8 Å². The Hall–Kier alpha value is -2.55. The van der Waals surface area contributed by atoms with Gasteiger partial charge in [-0.25, -0.2) is 4.79 Å². The second-order valence-corrected chi connectivity index (χ2v) is 10.5. The van der Waals surface area contributed by atoms with Gasteiger partial charge in [-0.15, -0.1) is 11.8 Å². The van der Waals surface area contributed by atoms with Crippen LogP contribution in [0.5, 0.6) is 0 Å². The molecule has 1 aromatic rings. The lowest BCUT2D eigenvalue weighted by Gasteiger charge is -2.31. The number of carboxylic acids is 1. The number of nitrogens with one attached hydrogen (secondary N) is 2. The fraction of sp³-hybridized carbons (Fsp3) is 0.545. The van der Waals surface area contributed by atoms with Crippen LogP contribution in [-0.4, -0.2) is 56.6 Å². The molecule has 3 amide bonds. The zero-order valence-corrected chi connectivity index (χ0v) is 19.2. The predicted octanol–water partition coefficient (Wildman–Crippen LogP) is 2.16. The van der Waals surface area contributed by atoms with E-state index in [4.69, 9.17) is 0 Å². The molecule has 8 nitrogen and oxygen atoms in total. The van der Waals surface area contributed by atoms with E-state index in [-0.39, 0.29) is 17.2 Å². The van der Waals surface area contributed by atoms with E-state index in [2.05, 4.69) is 10.6 Å². The third-order valence-electron chi connectivity index (χ3n) is 6.07. The van der Waals surface area contributed by atoms with E-state index < -0.39 is 40.7 Å². The first-order chi connectivity index (χ1) is 14.5. The molecule has 3 N–H and O–H groups in total. The number of hydrogen-bond acceptors (Lipinski definition) is 5. The number of carbonyl (C=O) groups is 4. The van der Waals surface area contributed by atoms with Crippen LogP contribution >= 0.6 is 11.8 Å². The van der Waals surface area contributed by atoms with Crippen molar-refractivity contribution in [1.82, 2.24) is 15.5 Å². The highest BCUT2D eigenvalue weighted by Gasteiger charge is 2.57. The van der Waals surface area contributed by atoms with Gasteiger partial charge in [0, 0.05) is 10.3 Å². The fourth-order valence-corrected chi connectivity index (χ4v) is 5.71. The number of carbonyl (C=O) groups excluding carboxylic acids is 3. The number of hydrogen-bond donors (Lipinski definition) is 3. The highest BCUT2D eigenvalue weighted by molar-refractivity contribution is 8.01. The number of aliphatic carboxylic acids is 1. The van der Waals surface area contributed by atoms with E-state index in [1.165, 1.54) is 6.92 Å². The first-order valence-corrected chi connectivity index (χ1v) is 11.3. The largest absolute Gasteiger partial charge is 0.480 e. The van der Waals surface area contributed by atoms with Gasteiger partial charge in [-0.05, 0) is 38.3 Å². The number of nitrogens with zero attached hydrogens (tertiary/aromatic N) is 1. The summed E-state index contributed by atoms with van der Waals surface area (Å²) in [6.07, 6.45) is 0.588. The molecule has 1 fully saturated rings. The molecule has 1 saturated heterocycles. The molecule has 0 spiro atoms. The lowest BCUT2D eigenvalue weighted by molar-refractivity contribution is -0.143. The average Bonchev–Trinajstić information content (AvgIpc) is 3.14. The van der Waals surface area contributed by atoms with Gasteiger partial charge in [-0.3, -0.25) is 14.4 Å². The van der Waals surface area contributed by atoms with Crippen molar-refractivity contribution in [2.24, 2.45) is 5.92 Å². The van der Waals surface area contributed by atoms with E-state index in [0.29, 0.717) is 12.0 Å². The van der Waals surface area contributed by atoms with Crippen molar-refractivity contribution in [3.8, 4) is 0 Å². The van der Waals surface area contributed by atoms with Crippen LogP contribution in [0.15, 0.2) is 24.3 Å². The predicted molar refractivity (Wildman–Crippen MR) is 117 cm³/mol. The van der Waals surface area contributed by atoms with Crippen LogP contribution < -0.4 is 10.6 Å². The summed E-state index contributed by atoms with van der Waals surface area (Å²) < 4.78 is -0.561. The molecule has 2 aliphatic heterocycles.